The van der Waals surface area contributed by atoms with Gasteiger partial charge in [-0.3, -0.25) is 9.48 Å². The van der Waals surface area contributed by atoms with E-state index in [0.29, 0.717) is 30.5 Å². The predicted molar refractivity (Wildman–Crippen MR) is 72.8 cm³/mol. The van der Waals surface area contributed by atoms with Gasteiger partial charge in [-0.25, -0.2) is 0 Å². The van der Waals surface area contributed by atoms with Gasteiger partial charge in [0.25, 0.3) is 5.91 Å². The molecule has 1 saturated heterocycles. The van der Waals surface area contributed by atoms with Crippen molar-refractivity contribution in [3.8, 4) is 0 Å². The van der Waals surface area contributed by atoms with Crippen LogP contribution in [0.5, 0.6) is 0 Å². The second-order valence-corrected chi connectivity index (χ2v) is 4.88. The fraction of sp³-hybridized carbons (Fsp3) is 0.385. The SMILES string of the molecule is Nc1ccn(C2CCN(C(=O)c3ccnnc3)CC2)n1. The highest BCUT2D eigenvalue weighted by atomic mass is 16.2. The first-order valence-electron chi connectivity index (χ1n) is 6.60. The Hall–Kier alpha value is -2.44. The summed E-state index contributed by atoms with van der Waals surface area (Å²) < 4.78 is 1.89. The third-order valence-corrected chi connectivity index (χ3v) is 3.59. The number of amides is 1. The van der Waals surface area contributed by atoms with Crippen LogP contribution in [0.2, 0.25) is 0 Å². The first kappa shape index (κ1) is 12.6. The van der Waals surface area contributed by atoms with Crippen molar-refractivity contribution in [3.63, 3.8) is 0 Å². The van der Waals surface area contributed by atoms with Crippen molar-refractivity contribution in [2.24, 2.45) is 0 Å². The Kier molecular flexibility index (Phi) is 3.32. The van der Waals surface area contributed by atoms with E-state index in [1.54, 1.807) is 12.1 Å². The average Bonchev–Trinajstić information content (AvgIpc) is 2.94. The van der Waals surface area contributed by atoms with E-state index in [1.807, 2.05) is 15.8 Å². The van der Waals surface area contributed by atoms with E-state index in [0.717, 1.165) is 12.8 Å². The monoisotopic (exact) mass is 272 g/mol. The molecule has 0 aromatic carbocycles. The summed E-state index contributed by atoms with van der Waals surface area (Å²) in [6.07, 6.45) is 6.69. The fourth-order valence-corrected chi connectivity index (χ4v) is 2.49. The highest BCUT2D eigenvalue weighted by Crippen LogP contribution is 2.23. The first-order chi connectivity index (χ1) is 9.74. The topological polar surface area (TPSA) is 89.9 Å². The number of likely N-dealkylation sites (tertiary alicyclic amines) is 1. The molecule has 2 aromatic rings. The van der Waals surface area contributed by atoms with Crippen LogP contribution >= 0.6 is 0 Å². The molecule has 1 fully saturated rings. The van der Waals surface area contributed by atoms with Gasteiger partial charge in [0.15, 0.2) is 0 Å². The molecule has 0 atom stereocenters. The summed E-state index contributed by atoms with van der Waals surface area (Å²) in [4.78, 5) is 14.1. The zero-order chi connectivity index (χ0) is 13.9. The van der Waals surface area contributed by atoms with E-state index in [4.69, 9.17) is 5.73 Å². The van der Waals surface area contributed by atoms with Gasteiger partial charge in [-0.05, 0) is 25.0 Å². The number of carbonyl (C=O) groups excluding carboxylic acids is 1. The molecule has 7 nitrogen and oxygen atoms in total. The Balaban J connectivity index is 1.63. The van der Waals surface area contributed by atoms with Crippen molar-refractivity contribution in [1.29, 1.82) is 0 Å². The highest BCUT2D eigenvalue weighted by molar-refractivity contribution is 5.93. The predicted octanol–water partition coefficient (Wildman–Crippen LogP) is 0.733. The molecule has 104 valence electrons. The smallest absolute Gasteiger partial charge is 0.255 e. The molecule has 1 aliphatic rings. The number of nitrogens with two attached hydrogens (primary N) is 1. The maximum absolute atomic E-state index is 12.3. The van der Waals surface area contributed by atoms with Crippen LogP contribution in [0.1, 0.15) is 29.2 Å². The van der Waals surface area contributed by atoms with Gasteiger partial charge < -0.3 is 10.6 Å². The lowest BCUT2D eigenvalue weighted by molar-refractivity contribution is 0.0689. The van der Waals surface area contributed by atoms with E-state index in [1.165, 1.54) is 12.4 Å². The molecule has 1 amide bonds. The third-order valence-electron chi connectivity index (χ3n) is 3.59. The number of nitrogens with zero attached hydrogens (tertiary/aromatic N) is 5. The maximum atomic E-state index is 12.3. The van der Waals surface area contributed by atoms with Gasteiger partial charge in [0.2, 0.25) is 0 Å². The van der Waals surface area contributed by atoms with Crippen molar-refractivity contribution in [2.75, 3.05) is 18.8 Å². The van der Waals surface area contributed by atoms with Crippen LogP contribution in [0.25, 0.3) is 0 Å². The number of nitrogen functional groups attached to an aromatic ring is 1. The van der Waals surface area contributed by atoms with E-state index in [2.05, 4.69) is 15.3 Å². The molecule has 20 heavy (non-hydrogen) atoms. The minimum atomic E-state index is 0.0123. The molecule has 0 saturated carbocycles. The molecular formula is C13H16N6O. The van der Waals surface area contributed by atoms with E-state index >= 15 is 0 Å². The van der Waals surface area contributed by atoms with E-state index in [-0.39, 0.29) is 5.91 Å². The largest absolute Gasteiger partial charge is 0.382 e. The standard InChI is InChI=1S/C13H16N6O/c14-12-4-8-19(17-12)11-2-6-18(7-3-11)13(20)10-1-5-15-16-9-10/h1,4-5,8-9,11H,2-3,6-7H2,(H2,14,17). The Bertz CT molecular complexity index is 588. The van der Waals surface area contributed by atoms with E-state index in [9.17, 15) is 4.79 Å². The maximum Gasteiger partial charge on any atom is 0.255 e. The molecule has 2 N–H and O–H groups in total. The third kappa shape index (κ3) is 2.47. The number of piperidine rings is 1. The Labute approximate surface area is 116 Å². The number of hydrogen-bond acceptors (Lipinski definition) is 5. The van der Waals surface area contributed by atoms with Crippen molar-refractivity contribution in [3.05, 3.63) is 36.3 Å². The normalized spacial score (nSPS) is 16.3. The van der Waals surface area contributed by atoms with Crippen LogP contribution in [0.15, 0.2) is 30.7 Å². The average molecular weight is 272 g/mol. The van der Waals surface area contributed by atoms with Crippen molar-refractivity contribution in [1.82, 2.24) is 24.9 Å². The van der Waals surface area contributed by atoms with Gasteiger partial charge in [-0.15, -0.1) is 0 Å². The number of carbonyl (C=O) groups is 1. The minimum absolute atomic E-state index is 0.0123. The van der Waals surface area contributed by atoms with Gasteiger partial charge >= 0.3 is 0 Å². The number of anilines is 1. The second-order valence-electron chi connectivity index (χ2n) is 4.88. The summed E-state index contributed by atoms with van der Waals surface area (Å²) in [5, 5.41) is 11.7. The molecule has 2 aromatic heterocycles. The molecule has 0 bridgehead atoms. The van der Waals surface area contributed by atoms with Gasteiger partial charge in [0, 0.05) is 19.3 Å². The lowest BCUT2D eigenvalue weighted by Crippen LogP contribution is -2.39. The summed E-state index contributed by atoms with van der Waals surface area (Å²) >= 11 is 0. The zero-order valence-electron chi connectivity index (χ0n) is 11.0. The number of hydrogen-bond donors (Lipinski definition) is 1. The second kappa shape index (κ2) is 5.28. The van der Waals surface area contributed by atoms with Crippen LogP contribution in [0.4, 0.5) is 5.82 Å². The lowest BCUT2D eigenvalue weighted by Gasteiger charge is -2.32. The molecule has 0 aliphatic carbocycles. The number of rotatable bonds is 2. The van der Waals surface area contributed by atoms with Crippen molar-refractivity contribution < 1.29 is 4.79 Å². The van der Waals surface area contributed by atoms with E-state index < -0.39 is 0 Å². The van der Waals surface area contributed by atoms with Crippen LogP contribution in [-0.4, -0.2) is 43.9 Å². The molecule has 3 rings (SSSR count). The zero-order valence-corrected chi connectivity index (χ0v) is 11.0. The molecule has 0 spiro atoms. The summed E-state index contributed by atoms with van der Waals surface area (Å²) in [5.74, 6) is 0.546. The molecule has 0 radical (unpaired) electrons. The summed E-state index contributed by atoms with van der Waals surface area (Å²) in [6.45, 7) is 1.43. The fourth-order valence-electron chi connectivity index (χ4n) is 2.49. The molecule has 1 aliphatic heterocycles. The van der Waals surface area contributed by atoms with Crippen molar-refractivity contribution >= 4 is 11.7 Å². The summed E-state index contributed by atoms with van der Waals surface area (Å²) in [7, 11) is 0. The van der Waals surface area contributed by atoms with Gasteiger partial charge in [-0.2, -0.15) is 15.3 Å². The quantitative estimate of drug-likeness (QED) is 0.870. The summed E-state index contributed by atoms with van der Waals surface area (Å²) in [5.41, 5.74) is 6.21. The minimum Gasteiger partial charge on any atom is -0.382 e. The molecule has 0 unspecified atom stereocenters. The Morgan fingerprint density at radius 2 is 2.05 bits per heavy atom. The van der Waals surface area contributed by atoms with Gasteiger partial charge in [0.1, 0.15) is 5.82 Å². The van der Waals surface area contributed by atoms with Crippen LogP contribution in [0, 0.1) is 0 Å². The first-order valence-corrected chi connectivity index (χ1v) is 6.60. The highest BCUT2D eigenvalue weighted by Gasteiger charge is 2.25. The lowest BCUT2D eigenvalue weighted by atomic mass is 10.0. The Morgan fingerprint density at radius 1 is 1.25 bits per heavy atom. The Morgan fingerprint density at radius 3 is 2.65 bits per heavy atom. The molecule has 3 heterocycles. The van der Waals surface area contributed by atoms with Crippen LogP contribution in [0.3, 0.4) is 0 Å². The van der Waals surface area contributed by atoms with Crippen LogP contribution in [-0.2, 0) is 0 Å². The van der Waals surface area contributed by atoms with Crippen molar-refractivity contribution in [2.45, 2.75) is 18.9 Å². The number of aromatic nitrogens is 4. The summed E-state index contributed by atoms with van der Waals surface area (Å²) in [6, 6.07) is 3.79. The van der Waals surface area contributed by atoms with Crippen LogP contribution < -0.4 is 5.73 Å². The molecular weight excluding hydrogens is 256 g/mol. The van der Waals surface area contributed by atoms with Gasteiger partial charge in [-0.1, -0.05) is 0 Å². The molecule has 7 heteroatoms. The van der Waals surface area contributed by atoms with Gasteiger partial charge in [0.05, 0.1) is 24.0 Å².